The first-order valence-electron chi connectivity index (χ1n) is 8.90. The van der Waals surface area contributed by atoms with Gasteiger partial charge in [-0.25, -0.2) is 0 Å². The summed E-state index contributed by atoms with van der Waals surface area (Å²) in [5, 5.41) is 4.48. The molecule has 1 atom stereocenters. The highest BCUT2D eigenvalue weighted by Gasteiger charge is 2.25. The second-order valence-electron chi connectivity index (χ2n) is 6.82. The Labute approximate surface area is 168 Å². The zero-order valence-corrected chi connectivity index (χ0v) is 17.2. The van der Waals surface area contributed by atoms with Gasteiger partial charge in [-0.2, -0.15) is 0 Å². The average Bonchev–Trinajstić information content (AvgIpc) is 3.16. The Bertz CT molecular complexity index is 814. The number of nitrogens with one attached hydrogen (secondary N) is 3. The third-order valence-corrected chi connectivity index (χ3v) is 4.74. The van der Waals surface area contributed by atoms with Crippen LogP contribution in [0.15, 0.2) is 35.7 Å². The quantitative estimate of drug-likeness (QED) is 0.618. The number of carbonyl (C=O) groups is 3. The number of ether oxygens (including phenoxy) is 1. The number of hydrogen-bond donors (Lipinski definition) is 3. The molecule has 3 N–H and O–H groups in total. The maximum atomic E-state index is 12.4. The van der Waals surface area contributed by atoms with Crippen molar-refractivity contribution < 1.29 is 19.1 Å². The number of aryl methyl sites for hydroxylation is 2. The van der Waals surface area contributed by atoms with Crippen LogP contribution in [0.4, 0.5) is 0 Å². The fraction of sp³-hybridized carbons (Fsp3) is 0.350. The summed E-state index contributed by atoms with van der Waals surface area (Å²) >= 11 is 1.29. The molecule has 28 heavy (non-hydrogen) atoms. The van der Waals surface area contributed by atoms with Crippen LogP contribution in [0.25, 0.3) is 0 Å². The number of rotatable bonds is 7. The van der Waals surface area contributed by atoms with Crippen LogP contribution < -0.4 is 20.9 Å². The normalized spacial score (nSPS) is 11.6. The third-order valence-electron chi connectivity index (χ3n) is 3.87. The van der Waals surface area contributed by atoms with Crippen molar-refractivity contribution >= 4 is 29.1 Å². The Morgan fingerprint density at radius 3 is 2.32 bits per heavy atom. The molecule has 3 amide bonds. The van der Waals surface area contributed by atoms with Gasteiger partial charge in [-0.15, -0.1) is 11.3 Å². The lowest BCUT2D eigenvalue weighted by Gasteiger charge is -2.21. The molecule has 0 aliphatic heterocycles. The minimum absolute atomic E-state index is 0.160. The average molecular weight is 404 g/mol. The summed E-state index contributed by atoms with van der Waals surface area (Å²) in [6.45, 7) is 7.26. The van der Waals surface area contributed by atoms with E-state index in [0.717, 1.165) is 11.1 Å². The lowest BCUT2D eigenvalue weighted by molar-refractivity contribution is -0.131. The Morgan fingerprint density at radius 2 is 1.75 bits per heavy atom. The van der Waals surface area contributed by atoms with Crippen molar-refractivity contribution in [3.8, 4) is 5.75 Å². The van der Waals surface area contributed by atoms with Gasteiger partial charge in [0.15, 0.2) is 6.61 Å². The van der Waals surface area contributed by atoms with Gasteiger partial charge in [-0.3, -0.25) is 25.2 Å². The molecule has 0 fully saturated rings. The Morgan fingerprint density at radius 1 is 1.07 bits per heavy atom. The van der Waals surface area contributed by atoms with Crippen LogP contribution in [-0.4, -0.2) is 30.4 Å². The summed E-state index contributed by atoms with van der Waals surface area (Å²) in [5.41, 5.74) is 6.72. The molecule has 0 aliphatic carbocycles. The lowest BCUT2D eigenvalue weighted by atomic mass is 10.0. The largest absolute Gasteiger partial charge is 0.484 e. The van der Waals surface area contributed by atoms with Gasteiger partial charge in [0.1, 0.15) is 11.8 Å². The maximum absolute atomic E-state index is 12.4. The van der Waals surface area contributed by atoms with E-state index in [-0.39, 0.29) is 18.4 Å². The zero-order valence-electron chi connectivity index (χ0n) is 16.4. The van der Waals surface area contributed by atoms with E-state index < -0.39 is 17.9 Å². The smallest absolute Gasteiger partial charge is 0.276 e. The highest BCUT2D eigenvalue weighted by molar-refractivity contribution is 7.12. The van der Waals surface area contributed by atoms with Crippen molar-refractivity contribution in [2.45, 2.75) is 33.7 Å². The molecule has 0 radical (unpaired) electrons. The summed E-state index contributed by atoms with van der Waals surface area (Å²) in [7, 11) is 0. The fourth-order valence-electron chi connectivity index (χ4n) is 2.57. The highest BCUT2D eigenvalue weighted by atomic mass is 32.1. The third kappa shape index (κ3) is 6.38. The molecule has 1 aromatic heterocycles. The van der Waals surface area contributed by atoms with E-state index in [0.29, 0.717) is 10.6 Å². The molecular weight excluding hydrogens is 378 g/mol. The second kappa shape index (κ2) is 9.89. The molecule has 1 heterocycles. The molecule has 1 aromatic carbocycles. The van der Waals surface area contributed by atoms with Crippen LogP contribution in [0.3, 0.4) is 0 Å². The summed E-state index contributed by atoms with van der Waals surface area (Å²) < 4.78 is 5.45. The molecule has 2 rings (SSSR count). The number of carbonyl (C=O) groups excluding carboxylic acids is 3. The summed E-state index contributed by atoms with van der Waals surface area (Å²) in [6, 6.07) is 8.32. The maximum Gasteiger partial charge on any atom is 0.276 e. The summed E-state index contributed by atoms with van der Waals surface area (Å²) in [5.74, 6) is -0.901. The Balaban J connectivity index is 1.84. The van der Waals surface area contributed by atoms with E-state index in [4.69, 9.17) is 4.74 Å². The van der Waals surface area contributed by atoms with Gasteiger partial charge in [-0.05, 0) is 54.5 Å². The van der Waals surface area contributed by atoms with Crippen LogP contribution in [0.5, 0.6) is 5.75 Å². The fourth-order valence-corrected chi connectivity index (χ4v) is 3.19. The minimum Gasteiger partial charge on any atom is -0.484 e. The molecule has 0 saturated carbocycles. The molecule has 2 aromatic rings. The molecule has 0 aliphatic rings. The summed E-state index contributed by atoms with van der Waals surface area (Å²) in [4.78, 5) is 37.0. The first kappa shape index (κ1) is 21.4. The van der Waals surface area contributed by atoms with E-state index >= 15 is 0 Å². The van der Waals surface area contributed by atoms with Gasteiger partial charge in [0.2, 0.25) is 0 Å². The first-order valence-corrected chi connectivity index (χ1v) is 9.78. The topological polar surface area (TPSA) is 96.5 Å². The van der Waals surface area contributed by atoms with Crippen molar-refractivity contribution in [2.75, 3.05) is 6.61 Å². The van der Waals surface area contributed by atoms with E-state index in [1.807, 2.05) is 45.9 Å². The molecule has 0 spiro atoms. The molecule has 7 nitrogen and oxygen atoms in total. The Hall–Kier alpha value is -2.87. The number of benzene rings is 1. The molecule has 1 unspecified atom stereocenters. The molecule has 8 heteroatoms. The van der Waals surface area contributed by atoms with E-state index in [1.165, 1.54) is 11.3 Å². The van der Waals surface area contributed by atoms with Crippen molar-refractivity contribution in [1.29, 1.82) is 0 Å². The second-order valence-corrected chi connectivity index (χ2v) is 7.77. The van der Waals surface area contributed by atoms with Gasteiger partial charge in [-0.1, -0.05) is 26.0 Å². The molecular formula is C20H25N3O4S. The molecule has 0 saturated heterocycles. The number of hydrazine groups is 1. The standard InChI is InChI=1S/C20H25N3O4S/c1-12(2)18(21-19(25)16-6-5-7-28-16)20(26)23-22-17(24)11-27-15-9-13(3)8-14(4)10-15/h5-10,12,18H,11H2,1-4H3,(H,21,25)(H,22,24)(H,23,26). The lowest BCUT2D eigenvalue weighted by Crippen LogP contribution is -2.54. The molecule has 0 bridgehead atoms. The van der Waals surface area contributed by atoms with E-state index in [9.17, 15) is 14.4 Å². The van der Waals surface area contributed by atoms with Crippen molar-refractivity contribution in [1.82, 2.24) is 16.2 Å². The van der Waals surface area contributed by atoms with Gasteiger partial charge >= 0.3 is 0 Å². The molecule has 150 valence electrons. The number of amides is 3. The van der Waals surface area contributed by atoms with Crippen LogP contribution in [-0.2, 0) is 9.59 Å². The zero-order chi connectivity index (χ0) is 20.7. The van der Waals surface area contributed by atoms with E-state index in [2.05, 4.69) is 16.2 Å². The Kier molecular flexibility index (Phi) is 7.57. The van der Waals surface area contributed by atoms with Gasteiger partial charge in [0, 0.05) is 0 Å². The van der Waals surface area contributed by atoms with Crippen molar-refractivity contribution in [3.05, 3.63) is 51.7 Å². The summed E-state index contributed by atoms with van der Waals surface area (Å²) in [6.07, 6.45) is 0. The minimum atomic E-state index is -0.782. The first-order chi connectivity index (χ1) is 13.3. The van der Waals surface area contributed by atoms with E-state index in [1.54, 1.807) is 17.5 Å². The van der Waals surface area contributed by atoms with Crippen LogP contribution in [0.2, 0.25) is 0 Å². The van der Waals surface area contributed by atoms with Crippen LogP contribution in [0, 0.1) is 19.8 Å². The predicted molar refractivity (Wildman–Crippen MR) is 108 cm³/mol. The SMILES string of the molecule is Cc1cc(C)cc(OCC(=O)NNC(=O)C(NC(=O)c2cccs2)C(C)C)c1. The number of hydrogen-bond acceptors (Lipinski definition) is 5. The van der Waals surface area contributed by atoms with Crippen molar-refractivity contribution in [2.24, 2.45) is 5.92 Å². The van der Waals surface area contributed by atoms with Gasteiger partial charge in [0.05, 0.1) is 4.88 Å². The highest BCUT2D eigenvalue weighted by Crippen LogP contribution is 2.16. The monoisotopic (exact) mass is 403 g/mol. The van der Waals surface area contributed by atoms with Crippen molar-refractivity contribution in [3.63, 3.8) is 0 Å². The predicted octanol–water partition coefficient (Wildman–Crippen LogP) is 2.35. The van der Waals surface area contributed by atoms with Crippen LogP contribution >= 0.6 is 11.3 Å². The van der Waals surface area contributed by atoms with Gasteiger partial charge in [0.25, 0.3) is 17.7 Å². The van der Waals surface area contributed by atoms with Crippen LogP contribution in [0.1, 0.15) is 34.6 Å². The number of thiophene rings is 1. The van der Waals surface area contributed by atoms with Gasteiger partial charge < -0.3 is 10.1 Å².